The highest BCUT2D eigenvalue weighted by Crippen LogP contribution is 2.49. The molecular weight excluding hydrogens is 214 g/mol. The van der Waals surface area contributed by atoms with Crippen LogP contribution >= 0.6 is 0 Å². The molecule has 1 aromatic carbocycles. The molecule has 3 heteroatoms. The lowest BCUT2D eigenvalue weighted by Crippen LogP contribution is -2.10. The molecule has 0 N–H and O–H groups in total. The zero-order chi connectivity index (χ0) is 11.9. The van der Waals surface area contributed by atoms with Gasteiger partial charge in [-0.1, -0.05) is 18.2 Å². The predicted octanol–water partition coefficient (Wildman–Crippen LogP) is 2.47. The van der Waals surface area contributed by atoms with Crippen LogP contribution in [0.15, 0.2) is 30.3 Å². The molecule has 0 aliphatic heterocycles. The first kappa shape index (κ1) is 10.3. The zero-order valence-electron chi connectivity index (χ0n) is 9.64. The Morgan fingerprint density at radius 1 is 1.35 bits per heavy atom. The van der Waals surface area contributed by atoms with Crippen LogP contribution in [0.1, 0.15) is 18.4 Å². The van der Waals surface area contributed by atoms with Gasteiger partial charge in [-0.25, -0.2) is 4.98 Å². The first-order valence-electron chi connectivity index (χ1n) is 5.70. The van der Waals surface area contributed by atoms with Crippen molar-refractivity contribution in [3.8, 4) is 5.88 Å². The van der Waals surface area contributed by atoms with Gasteiger partial charge >= 0.3 is 0 Å². The minimum Gasteiger partial charge on any atom is -0.481 e. The first-order chi connectivity index (χ1) is 8.29. The van der Waals surface area contributed by atoms with Crippen molar-refractivity contribution in [3.63, 3.8) is 0 Å². The van der Waals surface area contributed by atoms with Gasteiger partial charge in [-0.15, -0.1) is 0 Å². The van der Waals surface area contributed by atoms with Crippen molar-refractivity contribution in [2.24, 2.45) is 0 Å². The van der Waals surface area contributed by atoms with Crippen LogP contribution in [0.4, 0.5) is 0 Å². The SMILES string of the molecule is COc1nc2ccccc2cc1C1(C=O)CC1. The molecule has 1 aliphatic rings. The highest BCUT2D eigenvalue weighted by molar-refractivity contribution is 5.84. The highest BCUT2D eigenvalue weighted by atomic mass is 16.5. The van der Waals surface area contributed by atoms with Crippen molar-refractivity contribution in [2.75, 3.05) is 7.11 Å². The van der Waals surface area contributed by atoms with E-state index in [9.17, 15) is 4.79 Å². The lowest BCUT2D eigenvalue weighted by Gasteiger charge is -2.13. The summed E-state index contributed by atoms with van der Waals surface area (Å²) in [5.41, 5.74) is 1.48. The summed E-state index contributed by atoms with van der Waals surface area (Å²) in [5, 5.41) is 1.05. The summed E-state index contributed by atoms with van der Waals surface area (Å²) in [6, 6.07) is 9.90. The highest BCUT2D eigenvalue weighted by Gasteiger charge is 2.46. The molecule has 1 heterocycles. The monoisotopic (exact) mass is 227 g/mol. The maximum atomic E-state index is 11.2. The van der Waals surface area contributed by atoms with Crippen LogP contribution < -0.4 is 4.74 Å². The van der Waals surface area contributed by atoms with Crippen molar-refractivity contribution in [3.05, 3.63) is 35.9 Å². The fourth-order valence-corrected chi connectivity index (χ4v) is 2.20. The number of carbonyl (C=O) groups is 1. The molecule has 17 heavy (non-hydrogen) atoms. The Labute approximate surface area is 99.4 Å². The molecule has 3 rings (SSSR count). The number of hydrogen-bond acceptors (Lipinski definition) is 3. The van der Waals surface area contributed by atoms with Crippen molar-refractivity contribution in [2.45, 2.75) is 18.3 Å². The minimum absolute atomic E-state index is 0.345. The molecule has 1 saturated carbocycles. The summed E-state index contributed by atoms with van der Waals surface area (Å²) in [5.74, 6) is 0.577. The minimum atomic E-state index is -0.345. The summed E-state index contributed by atoms with van der Waals surface area (Å²) in [6.45, 7) is 0. The number of rotatable bonds is 3. The number of carbonyl (C=O) groups excluding carboxylic acids is 1. The van der Waals surface area contributed by atoms with Crippen LogP contribution in [-0.4, -0.2) is 18.4 Å². The third-order valence-corrected chi connectivity index (χ3v) is 3.43. The van der Waals surface area contributed by atoms with Gasteiger partial charge in [0.2, 0.25) is 5.88 Å². The van der Waals surface area contributed by atoms with E-state index in [1.807, 2.05) is 30.3 Å². The number of hydrogen-bond donors (Lipinski definition) is 0. The summed E-state index contributed by atoms with van der Waals surface area (Å²) in [6.07, 6.45) is 2.82. The molecule has 0 spiro atoms. The molecule has 3 nitrogen and oxygen atoms in total. The van der Waals surface area contributed by atoms with Gasteiger partial charge in [-0.3, -0.25) is 0 Å². The molecule has 1 aromatic heterocycles. The number of ether oxygens (including phenoxy) is 1. The molecule has 0 amide bonds. The zero-order valence-corrected chi connectivity index (χ0v) is 9.64. The topological polar surface area (TPSA) is 39.2 Å². The van der Waals surface area contributed by atoms with Gasteiger partial charge in [0.25, 0.3) is 0 Å². The van der Waals surface area contributed by atoms with Crippen molar-refractivity contribution in [1.29, 1.82) is 0 Å². The molecule has 0 saturated heterocycles. The standard InChI is InChI=1S/C14H13NO2/c1-17-13-11(14(9-16)6-7-14)8-10-4-2-3-5-12(10)15-13/h2-5,8-9H,6-7H2,1H3. The number of benzene rings is 1. The second-order valence-electron chi connectivity index (χ2n) is 4.51. The van der Waals surface area contributed by atoms with Gasteiger partial charge in [0, 0.05) is 10.9 Å². The van der Waals surface area contributed by atoms with E-state index in [1.54, 1.807) is 7.11 Å². The fraction of sp³-hybridized carbons (Fsp3) is 0.286. The van der Waals surface area contributed by atoms with E-state index in [0.717, 1.165) is 35.6 Å². The lowest BCUT2D eigenvalue weighted by molar-refractivity contribution is -0.109. The molecule has 1 aliphatic carbocycles. The normalized spacial score (nSPS) is 16.8. The third kappa shape index (κ3) is 1.50. The average Bonchev–Trinajstić information content (AvgIpc) is 3.18. The molecule has 0 atom stereocenters. The van der Waals surface area contributed by atoms with Crippen LogP contribution in [0.2, 0.25) is 0 Å². The maximum Gasteiger partial charge on any atom is 0.217 e. The summed E-state index contributed by atoms with van der Waals surface area (Å²) < 4.78 is 5.31. The van der Waals surface area contributed by atoms with Crippen LogP contribution in [-0.2, 0) is 10.2 Å². The predicted molar refractivity (Wildman–Crippen MR) is 65.3 cm³/mol. The molecular formula is C14H13NO2. The van der Waals surface area contributed by atoms with Crippen LogP contribution in [0, 0.1) is 0 Å². The maximum absolute atomic E-state index is 11.2. The van der Waals surface area contributed by atoms with Gasteiger partial charge in [-0.2, -0.15) is 0 Å². The van der Waals surface area contributed by atoms with E-state index in [2.05, 4.69) is 4.98 Å². The first-order valence-corrected chi connectivity index (χ1v) is 5.70. The van der Waals surface area contributed by atoms with E-state index < -0.39 is 0 Å². The largest absolute Gasteiger partial charge is 0.481 e. The van der Waals surface area contributed by atoms with Crippen LogP contribution in [0.5, 0.6) is 5.88 Å². The number of pyridine rings is 1. The Morgan fingerprint density at radius 2 is 2.12 bits per heavy atom. The number of aldehydes is 1. The summed E-state index contributed by atoms with van der Waals surface area (Å²) >= 11 is 0. The van der Waals surface area contributed by atoms with Gasteiger partial charge in [0.15, 0.2) is 0 Å². The molecule has 0 unspecified atom stereocenters. The van der Waals surface area contributed by atoms with E-state index in [-0.39, 0.29) is 5.41 Å². The molecule has 0 radical (unpaired) electrons. The lowest BCUT2D eigenvalue weighted by atomic mass is 9.97. The Morgan fingerprint density at radius 3 is 2.76 bits per heavy atom. The molecule has 2 aromatic rings. The van der Waals surface area contributed by atoms with Gasteiger partial charge in [-0.05, 0) is 25.0 Å². The molecule has 86 valence electrons. The Bertz CT molecular complexity index is 588. The fourth-order valence-electron chi connectivity index (χ4n) is 2.20. The van der Waals surface area contributed by atoms with Crippen molar-refractivity contribution in [1.82, 2.24) is 4.98 Å². The number of fused-ring (bicyclic) bond motifs is 1. The number of aromatic nitrogens is 1. The third-order valence-electron chi connectivity index (χ3n) is 3.43. The second-order valence-corrected chi connectivity index (χ2v) is 4.51. The number of nitrogens with zero attached hydrogens (tertiary/aromatic N) is 1. The molecule has 0 bridgehead atoms. The van der Waals surface area contributed by atoms with Gasteiger partial charge in [0.1, 0.15) is 6.29 Å². The van der Waals surface area contributed by atoms with Gasteiger partial charge in [0.05, 0.1) is 18.0 Å². The van der Waals surface area contributed by atoms with E-state index in [1.165, 1.54) is 0 Å². The van der Waals surface area contributed by atoms with E-state index >= 15 is 0 Å². The number of methoxy groups -OCH3 is 1. The van der Waals surface area contributed by atoms with E-state index in [0.29, 0.717) is 5.88 Å². The van der Waals surface area contributed by atoms with Crippen molar-refractivity contribution < 1.29 is 9.53 Å². The Kier molecular flexibility index (Phi) is 2.15. The van der Waals surface area contributed by atoms with E-state index in [4.69, 9.17) is 4.74 Å². The summed E-state index contributed by atoms with van der Waals surface area (Å²) in [4.78, 5) is 15.7. The quantitative estimate of drug-likeness (QED) is 0.756. The van der Waals surface area contributed by atoms with Crippen LogP contribution in [0.3, 0.4) is 0 Å². The summed E-state index contributed by atoms with van der Waals surface area (Å²) in [7, 11) is 1.60. The average molecular weight is 227 g/mol. The van der Waals surface area contributed by atoms with Gasteiger partial charge < -0.3 is 9.53 Å². The smallest absolute Gasteiger partial charge is 0.217 e. The molecule has 1 fully saturated rings. The Hall–Kier alpha value is -1.90. The van der Waals surface area contributed by atoms with Crippen molar-refractivity contribution >= 4 is 17.2 Å². The Balaban J connectivity index is 2.26. The second kappa shape index (κ2) is 3.55. The number of para-hydroxylation sites is 1. The van der Waals surface area contributed by atoms with Crippen LogP contribution in [0.25, 0.3) is 10.9 Å².